The fourth-order valence-corrected chi connectivity index (χ4v) is 1.54. The molecule has 0 spiro atoms. The van der Waals surface area contributed by atoms with Crippen LogP contribution in [0.15, 0.2) is 0 Å². The third-order valence-corrected chi connectivity index (χ3v) is 2.24. The Morgan fingerprint density at radius 2 is 1.64 bits per heavy atom. The first-order valence-corrected chi connectivity index (χ1v) is 4.95. The molecule has 0 bridgehead atoms. The molecule has 66 valence electrons. The lowest BCUT2D eigenvalue weighted by Gasteiger charge is -2.29. The summed E-state index contributed by atoms with van der Waals surface area (Å²) < 4.78 is 0. The van der Waals surface area contributed by atoms with Crippen molar-refractivity contribution in [3.05, 3.63) is 6.26 Å². The van der Waals surface area contributed by atoms with Gasteiger partial charge < -0.3 is 0 Å². The van der Waals surface area contributed by atoms with Gasteiger partial charge in [-0.15, -0.1) is 0 Å². The highest BCUT2D eigenvalue weighted by molar-refractivity contribution is 8.00. The number of hydrogen-bond acceptors (Lipinski definition) is 3. The minimum absolute atomic E-state index is 0.546. The molecule has 0 rings (SSSR count). The summed E-state index contributed by atoms with van der Waals surface area (Å²) in [6.07, 6.45) is 5.48. The monoisotopic (exact) mass is 175 g/mol. The van der Waals surface area contributed by atoms with Gasteiger partial charge in [-0.1, -0.05) is 0 Å². The van der Waals surface area contributed by atoms with Gasteiger partial charge in [-0.3, -0.25) is 9.80 Å². The highest BCUT2D eigenvalue weighted by atomic mass is 32.2. The van der Waals surface area contributed by atoms with Crippen LogP contribution in [0.4, 0.5) is 0 Å². The second-order valence-corrected chi connectivity index (χ2v) is 3.92. The Balaban J connectivity index is 3.70. The Labute approximate surface area is 74.9 Å². The number of thioether (sulfide) groups is 1. The van der Waals surface area contributed by atoms with Crippen molar-refractivity contribution < 1.29 is 0 Å². The first-order chi connectivity index (χ1) is 5.09. The quantitative estimate of drug-likeness (QED) is 0.460. The fraction of sp³-hybridized carbons (Fsp3) is 0.875. The number of nitrogens with zero attached hydrogens (tertiary/aromatic N) is 2. The molecule has 0 aromatic heterocycles. The zero-order valence-corrected chi connectivity index (χ0v) is 8.82. The van der Waals surface area contributed by atoms with Gasteiger partial charge in [0.2, 0.25) is 0 Å². The number of hydrogen-bond donors (Lipinski definition) is 0. The van der Waals surface area contributed by atoms with Gasteiger partial charge in [0.1, 0.15) is 6.26 Å². The molecule has 0 unspecified atom stereocenters. The van der Waals surface area contributed by atoms with Crippen LogP contribution in [0.3, 0.4) is 0 Å². The van der Waals surface area contributed by atoms with Crippen molar-refractivity contribution in [1.29, 1.82) is 0 Å². The summed E-state index contributed by atoms with van der Waals surface area (Å²) in [6.45, 7) is 0. The van der Waals surface area contributed by atoms with Gasteiger partial charge in [0.25, 0.3) is 0 Å². The topological polar surface area (TPSA) is 6.48 Å². The molecule has 0 saturated carbocycles. The van der Waals surface area contributed by atoms with Gasteiger partial charge in [0.05, 0.1) is 17.9 Å². The molecule has 11 heavy (non-hydrogen) atoms. The predicted octanol–water partition coefficient (Wildman–Crippen LogP) is 1.35. The molecule has 0 aliphatic rings. The standard InChI is InChI=1S/C8H19N2S/c1-9(2)8(10(3)4)6-7-11-5/h8H,5-7H2,1-4H3/q+1. The predicted molar refractivity (Wildman–Crippen MR) is 53.6 cm³/mol. The lowest BCUT2D eigenvalue weighted by Crippen LogP contribution is -2.40. The number of rotatable bonds is 5. The van der Waals surface area contributed by atoms with E-state index in [1.165, 1.54) is 6.42 Å². The normalized spacial score (nSPS) is 11.9. The summed E-state index contributed by atoms with van der Waals surface area (Å²) in [5, 5.41) is 0. The molecular weight excluding hydrogens is 156 g/mol. The molecule has 0 N–H and O–H groups in total. The second kappa shape index (κ2) is 5.75. The molecule has 0 aromatic carbocycles. The molecule has 0 atom stereocenters. The minimum Gasteiger partial charge on any atom is -0.294 e. The van der Waals surface area contributed by atoms with Crippen LogP contribution in [-0.2, 0) is 0 Å². The van der Waals surface area contributed by atoms with Crippen molar-refractivity contribution in [2.24, 2.45) is 0 Å². The lowest BCUT2D eigenvalue weighted by molar-refractivity contribution is 0.126. The third kappa shape index (κ3) is 4.56. The van der Waals surface area contributed by atoms with Crippen LogP contribution in [0.2, 0.25) is 0 Å². The maximum atomic E-state index is 3.76. The molecule has 0 fully saturated rings. The second-order valence-electron chi connectivity index (χ2n) is 3.10. The lowest BCUT2D eigenvalue weighted by atomic mass is 10.3. The first-order valence-electron chi connectivity index (χ1n) is 3.79. The smallest absolute Gasteiger partial charge is 0.128 e. The van der Waals surface area contributed by atoms with Crippen LogP contribution in [0.5, 0.6) is 0 Å². The molecule has 0 heterocycles. The molecule has 0 saturated heterocycles. The van der Waals surface area contributed by atoms with Crippen molar-refractivity contribution in [3.63, 3.8) is 0 Å². The minimum atomic E-state index is 0.546. The first kappa shape index (κ1) is 11.1. The summed E-state index contributed by atoms with van der Waals surface area (Å²) >= 11 is 1.66. The van der Waals surface area contributed by atoms with E-state index < -0.39 is 0 Å². The average molecular weight is 175 g/mol. The van der Waals surface area contributed by atoms with Crippen molar-refractivity contribution in [2.45, 2.75) is 12.6 Å². The summed E-state index contributed by atoms with van der Waals surface area (Å²) in [5.74, 6) is 1.13. The highest BCUT2D eigenvalue weighted by Gasteiger charge is 2.12. The van der Waals surface area contributed by atoms with E-state index in [4.69, 9.17) is 0 Å². The molecular formula is C8H19N2S+. The molecule has 0 aromatic rings. The van der Waals surface area contributed by atoms with Gasteiger partial charge in [-0.05, 0) is 34.6 Å². The van der Waals surface area contributed by atoms with Crippen molar-refractivity contribution >= 4 is 11.8 Å². The van der Waals surface area contributed by atoms with Gasteiger partial charge in [0.15, 0.2) is 0 Å². The van der Waals surface area contributed by atoms with Crippen LogP contribution in [0.25, 0.3) is 0 Å². The van der Waals surface area contributed by atoms with Crippen LogP contribution in [0, 0.1) is 6.26 Å². The van der Waals surface area contributed by atoms with E-state index in [-0.39, 0.29) is 0 Å². The van der Waals surface area contributed by atoms with Gasteiger partial charge in [-0.2, -0.15) is 0 Å². The molecule has 0 radical (unpaired) electrons. The van der Waals surface area contributed by atoms with Crippen molar-refractivity contribution in [1.82, 2.24) is 9.80 Å². The molecule has 0 aliphatic heterocycles. The van der Waals surface area contributed by atoms with E-state index in [9.17, 15) is 0 Å². The summed E-state index contributed by atoms with van der Waals surface area (Å²) in [5.41, 5.74) is 0. The fourth-order valence-electron chi connectivity index (χ4n) is 1.17. The van der Waals surface area contributed by atoms with Gasteiger partial charge >= 0.3 is 0 Å². The Kier molecular flexibility index (Phi) is 5.82. The summed E-state index contributed by atoms with van der Waals surface area (Å²) in [7, 11) is 8.44. The maximum absolute atomic E-state index is 3.76. The third-order valence-electron chi connectivity index (χ3n) is 1.71. The zero-order valence-electron chi connectivity index (χ0n) is 8.00. The van der Waals surface area contributed by atoms with E-state index in [1.807, 2.05) is 0 Å². The zero-order chi connectivity index (χ0) is 8.85. The Bertz CT molecular complexity index is 86.1. The van der Waals surface area contributed by atoms with Crippen LogP contribution in [0.1, 0.15) is 6.42 Å². The Hall–Kier alpha value is 0.140. The summed E-state index contributed by atoms with van der Waals surface area (Å²) in [4.78, 5) is 4.46. The molecule has 0 aliphatic carbocycles. The van der Waals surface area contributed by atoms with Gasteiger partial charge in [0, 0.05) is 5.75 Å². The largest absolute Gasteiger partial charge is 0.294 e. The molecule has 2 nitrogen and oxygen atoms in total. The Morgan fingerprint density at radius 3 is 1.91 bits per heavy atom. The van der Waals surface area contributed by atoms with Crippen molar-refractivity contribution in [3.8, 4) is 0 Å². The molecule has 0 amide bonds. The average Bonchev–Trinajstić information content (AvgIpc) is 1.87. The van der Waals surface area contributed by atoms with E-state index in [0.29, 0.717) is 6.17 Å². The Morgan fingerprint density at radius 1 is 1.18 bits per heavy atom. The highest BCUT2D eigenvalue weighted by Crippen LogP contribution is 2.07. The van der Waals surface area contributed by atoms with E-state index >= 15 is 0 Å². The van der Waals surface area contributed by atoms with Gasteiger partial charge in [-0.25, -0.2) is 0 Å². The van der Waals surface area contributed by atoms with E-state index in [1.54, 1.807) is 11.8 Å². The van der Waals surface area contributed by atoms with Crippen LogP contribution < -0.4 is 0 Å². The van der Waals surface area contributed by atoms with E-state index in [0.717, 1.165) is 5.75 Å². The maximum Gasteiger partial charge on any atom is 0.128 e. The van der Waals surface area contributed by atoms with Crippen LogP contribution in [-0.4, -0.2) is 49.9 Å². The SMILES string of the molecule is [CH2+]SCCC(N(C)C)N(C)C. The van der Waals surface area contributed by atoms with Crippen molar-refractivity contribution in [2.75, 3.05) is 33.9 Å². The van der Waals surface area contributed by atoms with E-state index in [2.05, 4.69) is 44.2 Å². The summed E-state index contributed by atoms with van der Waals surface area (Å²) in [6, 6.07) is 0. The van der Waals surface area contributed by atoms with Crippen LogP contribution >= 0.6 is 11.8 Å². The molecule has 3 heteroatoms.